The van der Waals surface area contributed by atoms with E-state index >= 15 is 0 Å². The summed E-state index contributed by atoms with van der Waals surface area (Å²) in [5, 5.41) is 9.40. The van der Waals surface area contributed by atoms with Crippen molar-refractivity contribution in [2.24, 2.45) is 0 Å². The Morgan fingerprint density at radius 3 is 1.65 bits per heavy atom. The molecular weight excluding hydrogens is 963 g/mol. The summed E-state index contributed by atoms with van der Waals surface area (Å²) in [5.74, 6) is 0. The summed E-state index contributed by atoms with van der Waals surface area (Å²) in [5.41, 5.74) is 24.0. The fraction of sp³-hybridized carbons (Fsp3) is 0.108. The second-order valence-corrected chi connectivity index (χ2v) is 23.1. The van der Waals surface area contributed by atoms with Gasteiger partial charge in [-0.1, -0.05) is 153 Å². The van der Waals surface area contributed by atoms with E-state index < -0.39 is 0 Å². The molecule has 1 atom stereocenters. The van der Waals surface area contributed by atoms with Crippen LogP contribution in [0.15, 0.2) is 227 Å². The molecule has 0 amide bonds. The normalized spacial score (nSPS) is 14.0. The van der Waals surface area contributed by atoms with Crippen LogP contribution in [0, 0.1) is 13.8 Å². The zero-order valence-electron chi connectivity index (χ0n) is 44.8. The maximum Gasteiger partial charge on any atom is 0.159 e. The standard InChI is InChI=1S/C74H55N3O2/c1-44-20-30-53(31-21-44)75(65-16-10-14-59-57-12-6-8-18-69(57)78-72(59)65)55-34-26-47-38-61-63-40-51(46-24-28-52(29-25-46)74(3,4)5)41-64-62-39-48-27-35-56(37-50(48)43-68(62)77(71(63)64)67(61)42-49(47)36-55)76(54-32-22-45(2)23-33-54)66-17-11-15-60-58-13-7-9-19-70(58)79-73(60)66/h6-42,68H,43H2,1-5H3. The predicted octanol–water partition coefficient (Wildman–Crippen LogP) is 20.9. The minimum absolute atomic E-state index is 0.0636. The largest absolute Gasteiger partial charge is 0.454 e. The molecule has 2 aliphatic rings. The molecule has 0 saturated heterocycles. The predicted molar refractivity (Wildman–Crippen MR) is 332 cm³/mol. The van der Waals surface area contributed by atoms with E-state index in [4.69, 9.17) is 8.83 Å². The van der Waals surface area contributed by atoms with E-state index in [2.05, 4.69) is 261 Å². The molecule has 4 heterocycles. The van der Waals surface area contributed by atoms with Crippen molar-refractivity contribution in [1.82, 2.24) is 4.57 Å². The van der Waals surface area contributed by atoms with Gasteiger partial charge < -0.3 is 23.2 Å². The first-order chi connectivity index (χ1) is 38.6. The van der Waals surface area contributed by atoms with E-state index in [0.29, 0.717) is 0 Å². The van der Waals surface area contributed by atoms with Gasteiger partial charge in [0.2, 0.25) is 0 Å². The van der Waals surface area contributed by atoms with Crippen LogP contribution in [0.4, 0.5) is 34.1 Å². The van der Waals surface area contributed by atoms with Gasteiger partial charge in [0.15, 0.2) is 11.2 Å². The summed E-state index contributed by atoms with van der Waals surface area (Å²) in [6.45, 7) is 11.2. The third-order valence-electron chi connectivity index (χ3n) is 17.1. The van der Waals surface area contributed by atoms with Gasteiger partial charge in [0.25, 0.3) is 0 Å². The number of para-hydroxylation sites is 4. The summed E-state index contributed by atoms with van der Waals surface area (Å²) in [6.07, 6.45) is 3.33. The molecule has 0 fully saturated rings. The number of benzene rings is 11. The Balaban J connectivity index is 0.881. The van der Waals surface area contributed by atoms with Crippen LogP contribution in [0.1, 0.15) is 60.2 Å². The van der Waals surface area contributed by atoms with Gasteiger partial charge in [0, 0.05) is 60.6 Å². The lowest BCUT2D eigenvalue weighted by molar-refractivity contribution is 0.590. The Bertz CT molecular complexity index is 4870. The number of rotatable bonds is 7. The summed E-state index contributed by atoms with van der Waals surface area (Å²) < 4.78 is 16.1. The van der Waals surface area contributed by atoms with E-state index in [9.17, 15) is 0 Å². The molecule has 1 aliphatic heterocycles. The molecule has 1 aliphatic carbocycles. The van der Waals surface area contributed by atoms with Crippen molar-refractivity contribution >= 4 is 122 Å². The minimum Gasteiger partial charge on any atom is -0.454 e. The summed E-state index contributed by atoms with van der Waals surface area (Å²) >= 11 is 0. The molecule has 79 heavy (non-hydrogen) atoms. The van der Waals surface area contributed by atoms with Crippen LogP contribution in [0.2, 0.25) is 0 Å². The lowest BCUT2D eigenvalue weighted by Gasteiger charge is -2.29. The summed E-state index contributed by atoms with van der Waals surface area (Å²) in [7, 11) is 0. The Hall–Kier alpha value is -9.58. The molecule has 11 aromatic carbocycles. The lowest BCUT2D eigenvalue weighted by atomic mass is 9.84. The molecule has 5 heteroatoms. The SMILES string of the molecule is Cc1ccc(N(c2ccc3c(c2)CC2C(=C3)c3cc(-c4ccc(C(C)(C)C)cc4)cc4c5cc6ccc(N(c7ccc(C)cc7)c7cccc8c7oc7ccccc78)cc6cc5n2c34)c2cccc3c2oc2ccccc23)cc1. The van der Waals surface area contributed by atoms with Gasteiger partial charge in [-0.3, -0.25) is 0 Å². The van der Waals surface area contributed by atoms with Gasteiger partial charge in [0.1, 0.15) is 11.2 Å². The van der Waals surface area contributed by atoms with Crippen molar-refractivity contribution in [3.05, 3.63) is 252 Å². The van der Waals surface area contributed by atoms with Crippen molar-refractivity contribution in [1.29, 1.82) is 0 Å². The quantitative estimate of drug-likeness (QED) is 0.159. The van der Waals surface area contributed by atoms with Crippen LogP contribution in [-0.4, -0.2) is 4.57 Å². The fourth-order valence-corrected chi connectivity index (χ4v) is 13.1. The molecule has 0 N–H and O–H groups in total. The van der Waals surface area contributed by atoms with Gasteiger partial charge in [-0.2, -0.15) is 0 Å². The minimum atomic E-state index is 0.0636. The number of anilines is 6. The number of aryl methyl sites for hydroxylation is 2. The molecule has 0 bridgehead atoms. The zero-order chi connectivity index (χ0) is 52.8. The summed E-state index contributed by atoms with van der Waals surface area (Å²) in [4.78, 5) is 4.74. The lowest BCUT2D eigenvalue weighted by Crippen LogP contribution is -2.15. The fourth-order valence-electron chi connectivity index (χ4n) is 13.1. The number of aromatic nitrogens is 1. The highest BCUT2D eigenvalue weighted by molar-refractivity contribution is 6.20. The van der Waals surface area contributed by atoms with Gasteiger partial charge >= 0.3 is 0 Å². The third kappa shape index (κ3) is 7.08. The third-order valence-corrected chi connectivity index (χ3v) is 17.1. The highest BCUT2D eigenvalue weighted by atomic mass is 16.3. The Labute approximate surface area is 458 Å². The molecule has 0 spiro atoms. The number of allylic oxidation sites excluding steroid dienone is 1. The van der Waals surface area contributed by atoms with E-state index in [0.717, 1.165) is 84.4 Å². The number of hydrogen-bond acceptors (Lipinski definition) is 4. The van der Waals surface area contributed by atoms with Gasteiger partial charge in [-0.05, 0) is 173 Å². The smallest absolute Gasteiger partial charge is 0.159 e. The second-order valence-electron chi connectivity index (χ2n) is 23.1. The topological polar surface area (TPSA) is 37.7 Å². The second kappa shape index (κ2) is 17.0. The molecule has 16 rings (SSSR count). The number of hydrogen-bond donors (Lipinski definition) is 0. The van der Waals surface area contributed by atoms with Crippen molar-refractivity contribution in [2.75, 3.05) is 9.80 Å². The molecule has 1 unspecified atom stereocenters. The zero-order valence-corrected chi connectivity index (χ0v) is 44.8. The van der Waals surface area contributed by atoms with Crippen molar-refractivity contribution in [3.63, 3.8) is 0 Å². The maximum atomic E-state index is 6.73. The average molecular weight is 1020 g/mol. The van der Waals surface area contributed by atoms with E-state index in [1.165, 1.54) is 82.7 Å². The molecule has 378 valence electrons. The monoisotopic (exact) mass is 1020 g/mol. The molecule has 0 saturated carbocycles. The molecule has 5 nitrogen and oxygen atoms in total. The summed E-state index contributed by atoms with van der Waals surface area (Å²) in [6, 6.07) is 80.7. The van der Waals surface area contributed by atoms with Crippen molar-refractivity contribution < 1.29 is 8.83 Å². The highest BCUT2D eigenvalue weighted by Crippen LogP contribution is 2.54. The van der Waals surface area contributed by atoms with Crippen LogP contribution < -0.4 is 9.80 Å². The van der Waals surface area contributed by atoms with Gasteiger partial charge in [-0.15, -0.1) is 0 Å². The van der Waals surface area contributed by atoms with Gasteiger partial charge in [0.05, 0.1) is 28.5 Å². The molecular formula is C74H55N3O2. The molecule has 3 aromatic heterocycles. The van der Waals surface area contributed by atoms with Crippen LogP contribution in [0.5, 0.6) is 0 Å². The van der Waals surface area contributed by atoms with Crippen LogP contribution in [0.25, 0.3) is 99.2 Å². The van der Waals surface area contributed by atoms with Crippen LogP contribution in [-0.2, 0) is 11.8 Å². The highest BCUT2D eigenvalue weighted by Gasteiger charge is 2.36. The Kier molecular flexibility index (Phi) is 9.79. The average Bonchev–Trinajstić information content (AvgIpc) is 4.31. The first-order valence-electron chi connectivity index (χ1n) is 27.6. The number of furan rings is 2. The number of nitrogens with zero attached hydrogens (tertiary/aromatic N) is 3. The first-order valence-corrected chi connectivity index (χ1v) is 27.6. The Morgan fingerprint density at radius 2 is 1.03 bits per heavy atom. The van der Waals surface area contributed by atoms with Crippen LogP contribution in [0.3, 0.4) is 0 Å². The van der Waals surface area contributed by atoms with Crippen molar-refractivity contribution in [3.8, 4) is 11.1 Å². The van der Waals surface area contributed by atoms with Crippen molar-refractivity contribution in [2.45, 2.75) is 52.5 Å². The Morgan fingerprint density at radius 1 is 0.456 bits per heavy atom. The van der Waals surface area contributed by atoms with E-state index in [-0.39, 0.29) is 11.5 Å². The molecule has 0 radical (unpaired) electrons. The maximum absolute atomic E-state index is 6.73. The van der Waals surface area contributed by atoms with Gasteiger partial charge in [-0.25, -0.2) is 0 Å². The van der Waals surface area contributed by atoms with E-state index in [1.54, 1.807) is 0 Å². The van der Waals surface area contributed by atoms with E-state index in [1.807, 2.05) is 12.1 Å². The number of fused-ring (bicyclic) bond motifs is 14. The molecule has 14 aromatic rings. The first kappa shape index (κ1) is 45.6. The van der Waals surface area contributed by atoms with Crippen LogP contribution >= 0.6 is 0 Å².